The third-order valence-electron chi connectivity index (χ3n) is 4.07. The van der Waals surface area contributed by atoms with Crippen molar-refractivity contribution >= 4 is 44.4 Å². The highest BCUT2D eigenvalue weighted by Crippen LogP contribution is 2.36. The van der Waals surface area contributed by atoms with Crippen LogP contribution in [0.2, 0.25) is 0 Å². The molecule has 1 amide bonds. The second kappa shape index (κ2) is 6.75. The van der Waals surface area contributed by atoms with Gasteiger partial charge in [-0.05, 0) is 32.9 Å². The molecule has 4 N–H and O–H groups in total. The lowest BCUT2D eigenvalue weighted by molar-refractivity contribution is 0.194. The number of aromatic amines is 1. The van der Waals surface area contributed by atoms with Crippen LogP contribution in [0, 0.1) is 0 Å². The number of anilines is 1. The highest BCUT2D eigenvalue weighted by Gasteiger charge is 2.19. The summed E-state index contributed by atoms with van der Waals surface area (Å²) in [5, 5.41) is 23.3. The highest BCUT2D eigenvalue weighted by atomic mass is 32.1. The van der Waals surface area contributed by atoms with Gasteiger partial charge in [0.1, 0.15) is 10.5 Å². The maximum Gasteiger partial charge on any atom is 0.405 e. The number of pyridine rings is 1. The van der Waals surface area contributed by atoms with Crippen LogP contribution in [0.4, 0.5) is 10.6 Å². The molecule has 9 heteroatoms. The molecular weight excluding hydrogens is 376 g/mol. The predicted octanol–water partition coefficient (Wildman–Crippen LogP) is 4.21. The minimum absolute atomic E-state index is 0.164. The van der Waals surface area contributed by atoms with Crippen molar-refractivity contribution in [2.75, 3.05) is 5.32 Å². The molecule has 1 aromatic carbocycles. The van der Waals surface area contributed by atoms with Crippen LogP contribution in [0.5, 0.6) is 0 Å². The lowest BCUT2D eigenvalue weighted by atomic mass is 10.1. The summed E-state index contributed by atoms with van der Waals surface area (Å²) in [7, 11) is 0. The molecule has 0 spiro atoms. The molecule has 0 aliphatic rings. The van der Waals surface area contributed by atoms with Crippen molar-refractivity contribution in [3.05, 3.63) is 35.5 Å². The van der Waals surface area contributed by atoms with Gasteiger partial charge in [0, 0.05) is 22.7 Å². The van der Waals surface area contributed by atoms with Gasteiger partial charge in [0.25, 0.3) is 0 Å². The molecule has 144 valence electrons. The molecule has 4 rings (SSSR count). The third-order valence-corrected chi connectivity index (χ3v) is 5.15. The Morgan fingerprint density at radius 1 is 1.25 bits per heavy atom. The summed E-state index contributed by atoms with van der Waals surface area (Å²) in [5.74, 6) is 0.689. The van der Waals surface area contributed by atoms with Crippen molar-refractivity contribution in [2.45, 2.75) is 32.9 Å². The number of hydrogen-bond acceptors (Lipinski definition) is 6. The molecule has 28 heavy (non-hydrogen) atoms. The van der Waals surface area contributed by atoms with Crippen LogP contribution >= 0.6 is 11.3 Å². The van der Waals surface area contributed by atoms with Crippen LogP contribution in [-0.2, 0) is 6.54 Å². The number of nitrogens with one attached hydrogen (secondary N) is 3. The van der Waals surface area contributed by atoms with Gasteiger partial charge in [0.05, 0.1) is 22.5 Å². The standard InChI is InChI=1S/C19H20N6O2S/c1-19(2,3)24-17-15-16(28-14(23-15)9-20-18(26)27)11-5-4-10(8-13(11)22-17)12-6-7-21-25-12/h4-8,20H,9H2,1-3H3,(H,21,25)(H,22,24)(H,26,27). The second-order valence-corrected chi connectivity index (χ2v) is 8.57. The predicted molar refractivity (Wildman–Crippen MR) is 111 cm³/mol. The fraction of sp³-hybridized carbons (Fsp3) is 0.263. The molecule has 0 saturated carbocycles. The first kappa shape index (κ1) is 18.2. The molecule has 0 aliphatic carbocycles. The number of benzene rings is 1. The molecule has 0 bridgehead atoms. The van der Waals surface area contributed by atoms with Crippen molar-refractivity contribution < 1.29 is 9.90 Å². The van der Waals surface area contributed by atoms with Crippen LogP contribution < -0.4 is 10.6 Å². The summed E-state index contributed by atoms with van der Waals surface area (Å²) in [4.78, 5) is 20.3. The fourth-order valence-electron chi connectivity index (χ4n) is 2.95. The number of thiazole rings is 1. The van der Waals surface area contributed by atoms with Crippen molar-refractivity contribution in [1.29, 1.82) is 0 Å². The van der Waals surface area contributed by atoms with E-state index in [0.29, 0.717) is 10.8 Å². The average molecular weight is 396 g/mol. The Bertz CT molecular complexity index is 1160. The lowest BCUT2D eigenvalue weighted by Crippen LogP contribution is -2.26. The van der Waals surface area contributed by atoms with Crippen molar-refractivity contribution in [3.63, 3.8) is 0 Å². The van der Waals surface area contributed by atoms with E-state index in [2.05, 4.69) is 46.6 Å². The molecule has 0 unspecified atom stereocenters. The molecule has 0 atom stereocenters. The number of nitrogens with zero attached hydrogens (tertiary/aromatic N) is 3. The van der Waals surface area contributed by atoms with E-state index in [1.54, 1.807) is 6.20 Å². The van der Waals surface area contributed by atoms with Crippen LogP contribution in [-0.4, -0.2) is 36.9 Å². The molecule has 3 heterocycles. The Hall–Kier alpha value is -3.20. The number of carbonyl (C=O) groups is 1. The highest BCUT2D eigenvalue weighted by molar-refractivity contribution is 7.19. The van der Waals surface area contributed by atoms with Crippen molar-refractivity contribution in [2.24, 2.45) is 0 Å². The van der Waals surface area contributed by atoms with Gasteiger partial charge in [-0.25, -0.2) is 14.8 Å². The summed E-state index contributed by atoms with van der Waals surface area (Å²) in [6, 6.07) is 7.97. The summed E-state index contributed by atoms with van der Waals surface area (Å²) < 4.78 is 0.982. The molecule has 4 aromatic rings. The maximum atomic E-state index is 10.8. The SMILES string of the molecule is CC(C)(C)Nc1nc2cc(-c3ccn[nH]3)ccc2c2sc(CNC(=O)O)nc12. The summed E-state index contributed by atoms with van der Waals surface area (Å²) in [6.07, 6.45) is 0.646. The van der Waals surface area contributed by atoms with Crippen LogP contribution in [0.3, 0.4) is 0 Å². The largest absolute Gasteiger partial charge is 0.465 e. The molecule has 0 fully saturated rings. The van der Waals surface area contributed by atoms with E-state index in [9.17, 15) is 4.79 Å². The Kier molecular flexibility index (Phi) is 4.38. The molecule has 3 aromatic heterocycles. The normalized spacial score (nSPS) is 11.8. The number of amides is 1. The lowest BCUT2D eigenvalue weighted by Gasteiger charge is -2.21. The van der Waals surface area contributed by atoms with E-state index < -0.39 is 6.09 Å². The van der Waals surface area contributed by atoms with E-state index in [0.717, 1.165) is 32.4 Å². The van der Waals surface area contributed by atoms with E-state index in [1.165, 1.54) is 11.3 Å². The van der Waals surface area contributed by atoms with Crippen molar-refractivity contribution in [3.8, 4) is 11.3 Å². The number of aromatic nitrogens is 4. The fourth-order valence-corrected chi connectivity index (χ4v) is 3.99. The zero-order valence-corrected chi connectivity index (χ0v) is 16.5. The Morgan fingerprint density at radius 3 is 2.75 bits per heavy atom. The summed E-state index contributed by atoms with van der Waals surface area (Å²) in [6.45, 7) is 6.35. The minimum Gasteiger partial charge on any atom is -0.465 e. The Balaban J connectivity index is 1.90. The van der Waals surface area contributed by atoms with Crippen LogP contribution in [0.25, 0.3) is 32.4 Å². The van der Waals surface area contributed by atoms with E-state index >= 15 is 0 Å². The molecule has 0 radical (unpaired) electrons. The van der Waals surface area contributed by atoms with Gasteiger partial charge >= 0.3 is 6.09 Å². The molecule has 8 nitrogen and oxygen atoms in total. The number of fused-ring (bicyclic) bond motifs is 3. The molecule has 0 saturated heterocycles. The molecular formula is C19H20N6O2S. The topological polar surface area (TPSA) is 116 Å². The summed E-state index contributed by atoms with van der Waals surface area (Å²) >= 11 is 1.48. The van der Waals surface area contributed by atoms with Gasteiger partial charge in [-0.15, -0.1) is 11.3 Å². The van der Waals surface area contributed by atoms with E-state index in [-0.39, 0.29) is 12.1 Å². The van der Waals surface area contributed by atoms with Crippen molar-refractivity contribution in [1.82, 2.24) is 25.5 Å². The second-order valence-electron chi connectivity index (χ2n) is 7.48. The van der Waals surface area contributed by atoms with Gasteiger partial charge < -0.3 is 15.7 Å². The number of rotatable bonds is 4. The first-order chi connectivity index (χ1) is 13.3. The minimum atomic E-state index is -1.07. The average Bonchev–Trinajstić information content (AvgIpc) is 3.28. The first-order valence-corrected chi connectivity index (χ1v) is 9.60. The van der Waals surface area contributed by atoms with Crippen LogP contribution in [0.15, 0.2) is 30.5 Å². The third kappa shape index (κ3) is 3.61. The van der Waals surface area contributed by atoms with Gasteiger partial charge in [0.2, 0.25) is 0 Å². The monoisotopic (exact) mass is 396 g/mol. The zero-order chi connectivity index (χ0) is 19.9. The van der Waals surface area contributed by atoms with E-state index in [1.807, 2.05) is 24.3 Å². The Morgan fingerprint density at radius 2 is 2.07 bits per heavy atom. The molecule has 0 aliphatic heterocycles. The van der Waals surface area contributed by atoms with Gasteiger partial charge in [-0.3, -0.25) is 5.10 Å². The summed E-state index contributed by atoms with van der Waals surface area (Å²) in [5.41, 5.74) is 3.31. The van der Waals surface area contributed by atoms with Gasteiger partial charge in [0.15, 0.2) is 5.82 Å². The zero-order valence-electron chi connectivity index (χ0n) is 15.7. The smallest absolute Gasteiger partial charge is 0.405 e. The maximum absolute atomic E-state index is 10.8. The van der Waals surface area contributed by atoms with Gasteiger partial charge in [-0.2, -0.15) is 5.10 Å². The van der Waals surface area contributed by atoms with Crippen LogP contribution in [0.1, 0.15) is 25.8 Å². The number of carboxylic acid groups (broad SMARTS) is 1. The Labute approximate surface area is 165 Å². The number of hydrogen-bond donors (Lipinski definition) is 4. The first-order valence-electron chi connectivity index (χ1n) is 8.78. The van der Waals surface area contributed by atoms with Gasteiger partial charge in [-0.1, -0.05) is 12.1 Å². The number of H-pyrrole nitrogens is 1. The van der Waals surface area contributed by atoms with E-state index in [4.69, 9.17) is 10.1 Å². The quantitative estimate of drug-likeness (QED) is 0.411.